The quantitative estimate of drug-likeness (QED) is 0.699. The first-order valence-electron chi connectivity index (χ1n) is 9.40. The molecule has 2 amide bonds. The third-order valence-corrected chi connectivity index (χ3v) is 4.67. The fourth-order valence-corrected chi connectivity index (χ4v) is 2.73. The standard InChI is InChI=1S/C22H29N3O3/c1-16-9-8-10-17(2)21(16)24-20(26)15-23-22(27)18(3)25(4)13-14-28-19-11-6-5-7-12-19/h5-12,18H,13-15H2,1-4H3,(H,23,27)(H,24,26)/t18-/m0/s1. The van der Waals surface area contributed by atoms with Crippen molar-refractivity contribution in [3.63, 3.8) is 0 Å². The van der Waals surface area contributed by atoms with Crippen molar-refractivity contribution in [2.45, 2.75) is 26.8 Å². The number of benzene rings is 2. The van der Waals surface area contributed by atoms with E-state index >= 15 is 0 Å². The zero-order chi connectivity index (χ0) is 20.5. The molecule has 6 heteroatoms. The van der Waals surface area contributed by atoms with Gasteiger partial charge in [0.25, 0.3) is 0 Å². The van der Waals surface area contributed by atoms with Crippen LogP contribution >= 0.6 is 0 Å². The van der Waals surface area contributed by atoms with Gasteiger partial charge in [-0.05, 0) is 51.1 Å². The van der Waals surface area contributed by atoms with Crippen molar-refractivity contribution >= 4 is 17.5 Å². The summed E-state index contributed by atoms with van der Waals surface area (Å²) in [5.41, 5.74) is 2.78. The second-order valence-electron chi connectivity index (χ2n) is 6.85. The van der Waals surface area contributed by atoms with Crippen LogP contribution in [0.5, 0.6) is 5.75 Å². The molecular weight excluding hydrogens is 354 g/mol. The number of hydrogen-bond donors (Lipinski definition) is 2. The summed E-state index contributed by atoms with van der Waals surface area (Å²) in [6.07, 6.45) is 0. The van der Waals surface area contributed by atoms with Crippen molar-refractivity contribution in [1.29, 1.82) is 0 Å². The summed E-state index contributed by atoms with van der Waals surface area (Å²) in [6, 6.07) is 15.0. The molecule has 0 saturated carbocycles. The Labute approximate surface area is 166 Å². The van der Waals surface area contributed by atoms with Gasteiger partial charge >= 0.3 is 0 Å². The van der Waals surface area contributed by atoms with Crippen LogP contribution in [0.25, 0.3) is 0 Å². The van der Waals surface area contributed by atoms with E-state index in [1.54, 1.807) is 6.92 Å². The van der Waals surface area contributed by atoms with E-state index in [4.69, 9.17) is 4.74 Å². The highest BCUT2D eigenvalue weighted by molar-refractivity contribution is 5.96. The molecule has 0 radical (unpaired) electrons. The predicted molar refractivity (Wildman–Crippen MR) is 112 cm³/mol. The lowest BCUT2D eigenvalue weighted by Gasteiger charge is -2.23. The number of likely N-dealkylation sites (N-methyl/N-ethyl adjacent to an activating group) is 1. The van der Waals surface area contributed by atoms with E-state index in [9.17, 15) is 9.59 Å². The summed E-state index contributed by atoms with van der Waals surface area (Å²) < 4.78 is 5.66. The fourth-order valence-electron chi connectivity index (χ4n) is 2.73. The molecule has 0 spiro atoms. The van der Waals surface area contributed by atoms with E-state index in [1.807, 2.05) is 74.3 Å². The minimum atomic E-state index is -0.368. The van der Waals surface area contributed by atoms with Crippen LogP contribution in [0.1, 0.15) is 18.1 Å². The Morgan fingerprint density at radius 3 is 2.32 bits per heavy atom. The summed E-state index contributed by atoms with van der Waals surface area (Å²) >= 11 is 0. The van der Waals surface area contributed by atoms with E-state index in [2.05, 4.69) is 10.6 Å². The molecule has 2 N–H and O–H groups in total. The first-order valence-corrected chi connectivity index (χ1v) is 9.40. The average Bonchev–Trinajstić information content (AvgIpc) is 2.69. The maximum absolute atomic E-state index is 12.3. The van der Waals surface area contributed by atoms with Crippen LogP contribution in [0.15, 0.2) is 48.5 Å². The number of nitrogens with zero attached hydrogens (tertiary/aromatic N) is 1. The topological polar surface area (TPSA) is 70.7 Å². The lowest BCUT2D eigenvalue weighted by Crippen LogP contribution is -2.46. The van der Waals surface area contributed by atoms with E-state index in [0.29, 0.717) is 13.2 Å². The Hall–Kier alpha value is -2.86. The van der Waals surface area contributed by atoms with Gasteiger partial charge in [-0.3, -0.25) is 14.5 Å². The maximum atomic E-state index is 12.3. The maximum Gasteiger partial charge on any atom is 0.243 e. The molecule has 0 heterocycles. The number of carbonyl (C=O) groups is 2. The first-order chi connectivity index (χ1) is 13.4. The number of rotatable bonds is 9. The van der Waals surface area contributed by atoms with Crippen molar-refractivity contribution in [3.8, 4) is 5.75 Å². The van der Waals surface area contributed by atoms with Crippen LogP contribution in [0.2, 0.25) is 0 Å². The SMILES string of the molecule is Cc1cccc(C)c1NC(=O)CNC(=O)[C@H](C)N(C)CCOc1ccccc1. The van der Waals surface area contributed by atoms with Gasteiger partial charge in [0.2, 0.25) is 11.8 Å². The van der Waals surface area contributed by atoms with Crippen molar-refractivity contribution in [1.82, 2.24) is 10.2 Å². The van der Waals surface area contributed by atoms with Crippen molar-refractivity contribution in [2.75, 3.05) is 32.1 Å². The van der Waals surface area contributed by atoms with Gasteiger partial charge in [0.05, 0.1) is 12.6 Å². The number of anilines is 1. The average molecular weight is 383 g/mol. The molecule has 1 atom stereocenters. The normalized spacial score (nSPS) is 11.8. The molecule has 2 aromatic carbocycles. The summed E-state index contributed by atoms with van der Waals surface area (Å²) in [5, 5.41) is 5.56. The van der Waals surface area contributed by atoms with Gasteiger partial charge in [-0.1, -0.05) is 36.4 Å². The minimum absolute atomic E-state index is 0.0642. The molecule has 28 heavy (non-hydrogen) atoms. The molecule has 0 aliphatic rings. The van der Waals surface area contributed by atoms with Gasteiger partial charge in [0, 0.05) is 12.2 Å². The van der Waals surface area contributed by atoms with E-state index in [1.165, 1.54) is 0 Å². The number of amides is 2. The van der Waals surface area contributed by atoms with Gasteiger partial charge < -0.3 is 15.4 Å². The number of aryl methyl sites for hydroxylation is 2. The highest BCUT2D eigenvalue weighted by Gasteiger charge is 2.18. The Balaban J connectivity index is 1.74. The molecule has 0 unspecified atom stereocenters. The monoisotopic (exact) mass is 383 g/mol. The second kappa shape index (κ2) is 10.5. The molecule has 0 aromatic heterocycles. The van der Waals surface area contributed by atoms with Gasteiger partial charge in [0.1, 0.15) is 12.4 Å². The third kappa shape index (κ3) is 6.39. The third-order valence-electron chi connectivity index (χ3n) is 4.67. The zero-order valence-corrected chi connectivity index (χ0v) is 17.0. The minimum Gasteiger partial charge on any atom is -0.492 e. The molecular formula is C22H29N3O3. The molecule has 6 nitrogen and oxygen atoms in total. The highest BCUT2D eigenvalue weighted by atomic mass is 16.5. The predicted octanol–water partition coefficient (Wildman–Crippen LogP) is 2.76. The molecule has 2 rings (SSSR count). The fraction of sp³-hybridized carbons (Fsp3) is 0.364. The zero-order valence-electron chi connectivity index (χ0n) is 17.0. The van der Waals surface area contributed by atoms with Crippen LogP contribution in [0.4, 0.5) is 5.69 Å². The Bertz CT molecular complexity index is 773. The number of ether oxygens (including phenoxy) is 1. The van der Waals surface area contributed by atoms with Gasteiger partial charge in [-0.15, -0.1) is 0 Å². The molecule has 150 valence electrons. The lowest BCUT2D eigenvalue weighted by atomic mass is 10.1. The molecule has 0 fully saturated rings. The molecule has 0 saturated heterocycles. The van der Waals surface area contributed by atoms with Gasteiger partial charge in [-0.2, -0.15) is 0 Å². The number of hydrogen-bond acceptors (Lipinski definition) is 4. The molecule has 0 aliphatic carbocycles. The van der Waals surface area contributed by atoms with Gasteiger partial charge in [-0.25, -0.2) is 0 Å². The van der Waals surface area contributed by atoms with Crippen molar-refractivity contribution < 1.29 is 14.3 Å². The van der Waals surface area contributed by atoms with Crippen molar-refractivity contribution in [2.24, 2.45) is 0 Å². The molecule has 2 aromatic rings. The second-order valence-corrected chi connectivity index (χ2v) is 6.85. The Kier molecular flexibility index (Phi) is 8.02. The van der Waals surface area contributed by atoms with Crippen molar-refractivity contribution in [3.05, 3.63) is 59.7 Å². The molecule has 0 aliphatic heterocycles. The summed E-state index contributed by atoms with van der Waals surface area (Å²) in [7, 11) is 1.86. The summed E-state index contributed by atoms with van der Waals surface area (Å²) in [6.45, 7) is 6.70. The highest BCUT2D eigenvalue weighted by Crippen LogP contribution is 2.19. The number of nitrogens with one attached hydrogen (secondary N) is 2. The largest absolute Gasteiger partial charge is 0.492 e. The smallest absolute Gasteiger partial charge is 0.243 e. The van der Waals surface area contributed by atoms with E-state index < -0.39 is 0 Å². The number of para-hydroxylation sites is 2. The Morgan fingerprint density at radius 2 is 1.68 bits per heavy atom. The van der Waals surface area contributed by atoms with E-state index in [0.717, 1.165) is 22.6 Å². The van der Waals surface area contributed by atoms with Gasteiger partial charge in [0.15, 0.2) is 0 Å². The number of carbonyl (C=O) groups excluding carboxylic acids is 2. The van der Waals surface area contributed by atoms with E-state index in [-0.39, 0.29) is 24.4 Å². The van der Waals surface area contributed by atoms with Crippen LogP contribution in [-0.4, -0.2) is 49.5 Å². The van der Waals surface area contributed by atoms with Crippen LogP contribution < -0.4 is 15.4 Å². The van der Waals surface area contributed by atoms with Crippen LogP contribution in [-0.2, 0) is 9.59 Å². The summed E-state index contributed by atoms with van der Waals surface area (Å²) in [4.78, 5) is 26.4. The summed E-state index contributed by atoms with van der Waals surface area (Å²) in [5.74, 6) is 0.364. The lowest BCUT2D eigenvalue weighted by molar-refractivity contribution is -0.127. The first kappa shape index (κ1) is 21.4. The van der Waals surface area contributed by atoms with Crippen LogP contribution in [0, 0.1) is 13.8 Å². The van der Waals surface area contributed by atoms with Crippen LogP contribution in [0.3, 0.4) is 0 Å². The molecule has 0 bridgehead atoms. The Morgan fingerprint density at radius 1 is 1.04 bits per heavy atom.